The summed E-state index contributed by atoms with van der Waals surface area (Å²) in [6.07, 6.45) is 3.28. The third-order valence-corrected chi connectivity index (χ3v) is 2.59. The molecule has 0 fully saturated rings. The zero-order valence-electron chi connectivity index (χ0n) is 8.92. The Morgan fingerprint density at radius 1 is 1.23 bits per heavy atom. The van der Waals surface area contributed by atoms with Crippen LogP contribution in [0.25, 0.3) is 0 Å². The van der Waals surface area contributed by atoms with E-state index >= 15 is 0 Å². The summed E-state index contributed by atoms with van der Waals surface area (Å²) in [5.74, 6) is 0. The number of rotatable bonds is 2. The maximum Gasteiger partial charge on any atom is 0.00718 e. The molecule has 0 aliphatic heterocycles. The van der Waals surface area contributed by atoms with Crippen molar-refractivity contribution in [3.05, 3.63) is 29.8 Å². The van der Waals surface area contributed by atoms with Gasteiger partial charge >= 0.3 is 0 Å². The Bertz CT molecular complexity index is 271. The molecule has 0 nitrogen and oxygen atoms in total. The van der Waals surface area contributed by atoms with E-state index in [9.17, 15) is 0 Å². The van der Waals surface area contributed by atoms with E-state index in [0.29, 0.717) is 5.41 Å². The van der Waals surface area contributed by atoms with Crippen LogP contribution in [0, 0.1) is 5.41 Å². The van der Waals surface area contributed by atoms with Crippen molar-refractivity contribution in [2.45, 2.75) is 32.1 Å². The van der Waals surface area contributed by atoms with Crippen molar-refractivity contribution in [2.24, 2.45) is 5.41 Å². The largest absolute Gasteiger partial charge is 0.130 e. The van der Waals surface area contributed by atoms with Crippen LogP contribution in [-0.4, -0.2) is 6.26 Å². The van der Waals surface area contributed by atoms with Gasteiger partial charge in [-0.3, -0.25) is 0 Å². The molecule has 1 heteroatoms. The van der Waals surface area contributed by atoms with E-state index in [2.05, 4.69) is 51.3 Å². The first-order valence-corrected chi connectivity index (χ1v) is 5.87. The molecule has 0 bridgehead atoms. The average Bonchev–Trinajstić information content (AvgIpc) is 2.01. The van der Waals surface area contributed by atoms with Crippen molar-refractivity contribution in [1.29, 1.82) is 0 Å². The van der Waals surface area contributed by atoms with Crippen LogP contribution in [0.15, 0.2) is 29.2 Å². The van der Waals surface area contributed by atoms with Crippen molar-refractivity contribution >= 4 is 11.8 Å². The SMILES string of the molecule is CSc1cccc(CC(C)(C)C)c1. The Morgan fingerprint density at radius 3 is 2.46 bits per heavy atom. The zero-order valence-corrected chi connectivity index (χ0v) is 9.74. The first kappa shape index (κ1) is 10.6. The quantitative estimate of drug-likeness (QED) is 0.641. The van der Waals surface area contributed by atoms with E-state index in [4.69, 9.17) is 0 Å². The van der Waals surface area contributed by atoms with Crippen molar-refractivity contribution in [1.82, 2.24) is 0 Å². The highest BCUT2D eigenvalue weighted by atomic mass is 32.2. The maximum atomic E-state index is 2.29. The number of hydrogen-bond acceptors (Lipinski definition) is 1. The molecule has 0 radical (unpaired) electrons. The molecule has 0 aliphatic rings. The highest BCUT2D eigenvalue weighted by Crippen LogP contribution is 2.23. The molecule has 0 unspecified atom stereocenters. The lowest BCUT2D eigenvalue weighted by molar-refractivity contribution is 0.411. The van der Waals surface area contributed by atoms with Crippen molar-refractivity contribution in [3.8, 4) is 0 Å². The second-order valence-corrected chi connectivity index (χ2v) is 5.47. The summed E-state index contributed by atoms with van der Waals surface area (Å²) in [6, 6.07) is 8.81. The fourth-order valence-electron chi connectivity index (χ4n) is 1.39. The molecule has 72 valence electrons. The summed E-state index contributed by atoms with van der Waals surface area (Å²) in [5, 5.41) is 0. The molecule has 1 aromatic rings. The fourth-order valence-corrected chi connectivity index (χ4v) is 1.88. The van der Waals surface area contributed by atoms with Gasteiger partial charge < -0.3 is 0 Å². The van der Waals surface area contributed by atoms with Crippen LogP contribution < -0.4 is 0 Å². The maximum absolute atomic E-state index is 2.29. The Kier molecular flexibility index (Phi) is 3.43. The Balaban J connectivity index is 2.78. The van der Waals surface area contributed by atoms with Crippen LogP contribution in [0.3, 0.4) is 0 Å². The fraction of sp³-hybridized carbons (Fsp3) is 0.500. The Morgan fingerprint density at radius 2 is 1.92 bits per heavy atom. The normalized spacial score (nSPS) is 11.7. The van der Waals surface area contributed by atoms with Crippen molar-refractivity contribution < 1.29 is 0 Å². The van der Waals surface area contributed by atoms with E-state index in [-0.39, 0.29) is 0 Å². The van der Waals surface area contributed by atoms with Gasteiger partial charge in [-0.2, -0.15) is 0 Å². The molecular weight excluding hydrogens is 176 g/mol. The number of hydrogen-bond donors (Lipinski definition) is 0. The summed E-state index contributed by atoms with van der Waals surface area (Å²) in [5.41, 5.74) is 1.83. The van der Waals surface area contributed by atoms with Gasteiger partial charge in [0, 0.05) is 4.90 Å². The van der Waals surface area contributed by atoms with Crippen LogP contribution in [0.2, 0.25) is 0 Å². The number of benzene rings is 1. The first-order chi connectivity index (χ1) is 6.01. The van der Waals surface area contributed by atoms with Gasteiger partial charge in [0.2, 0.25) is 0 Å². The molecule has 0 saturated carbocycles. The highest BCUT2D eigenvalue weighted by molar-refractivity contribution is 7.98. The van der Waals surface area contributed by atoms with Crippen LogP contribution >= 0.6 is 11.8 Å². The molecule has 1 rings (SSSR count). The molecule has 1 aromatic carbocycles. The molecule has 0 atom stereocenters. The Hall–Kier alpha value is -0.430. The first-order valence-electron chi connectivity index (χ1n) is 4.64. The molecule has 0 heterocycles. The lowest BCUT2D eigenvalue weighted by Gasteiger charge is -2.18. The van der Waals surface area contributed by atoms with E-state index < -0.39 is 0 Å². The van der Waals surface area contributed by atoms with E-state index in [1.165, 1.54) is 10.5 Å². The molecular formula is C12H18S. The van der Waals surface area contributed by atoms with Gasteiger partial charge in [0.25, 0.3) is 0 Å². The predicted molar refractivity (Wildman–Crippen MR) is 61.4 cm³/mol. The smallest absolute Gasteiger partial charge is 0.00718 e. The molecule has 0 amide bonds. The third-order valence-electron chi connectivity index (χ3n) is 1.87. The lowest BCUT2D eigenvalue weighted by atomic mass is 9.88. The molecule has 0 aliphatic carbocycles. The summed E-state index contributed by atoms with van der Waals surface area (Å²) < 4.78 is 0. The third kappa shape index (κ3) is 3.86. The molecule has 0 spiro atoms. The van der Waals surface area contributed by atoms with Gasteiger partial charge in [0.15, 0.2) is 0 Å². The van der Waals surface area contributed by atoms with Gasteiger partial charge in [0.1, 0.15) is 0 Å². The molecule has 0 N–H and O–H groups in total. The van der Waals surface area contributed by atoms with E-state index in [0.717, 1.165) is 6.42 Å². The summed E-state index contributed by atoms with van der Waals surface area (Å²) >= 11 is 1.81. The lowest BCUT2D eigenvalue weighted by Crippen LogP contribution is -2.08. The van der Waals surface area contributed by atoms with Gasteiger partial charge in [-0.1, -0.05) is 32.9 Å². The van der Waals surface area contributed by atoms with Gasteiger partial charge in [-0.05, 0) is 35.8 Å². The van der Waals surface area contributed by atoms with Crippen molar-refractivity contribution in [2.75, 3.05) is 6.26 Å². The standard InChI is InChI=1S/C12H18S/c1-12(2,3)9-10-6-5-7-11(8-10)13-4/h5-8H,9H2,1-4H3. The highest BCUT2D eigenvalue weighted by Gasteiger charge is 2.10. The molecule has 0 saturated heterocycles. The minimum absolute atomic E-state index is 0.386. The molecule has 13 heavy (non-hydrogen) atoms. The minimum Gasteiger partial charge on any atom is -0.130 e. The minimum atomic E-state index is 0.386. The van der Waals surface area contributed by atoms with Crippen LogP contribution in [0.1, 0.15) is 26.3 Å². The second-order valence-electron chi connectivity index (χ2n) is 4.59. The van der Waals surface area contributed by atoms with Crippen LogP contribution in [0.5, 0.6) is 0 Å². The van der Waals surface area contributed by atoms with Gasteiger partial charge in [-0.15, -0.1) is 11.8 Å². The van der Waals surface area contributed by atoms with Crippen LogP contribution in [-0.2, 0) is 6.42 Å². The van der Waals surface area contributed by atoms with E-state index in [1.807, 2.05) is 11.8 Å². The second kappa shape index (κ2) is 4.19. The monoisotopic (exact) mass is 194 g/mol. The number of thioether (sulfide) groups is 1. The summed E-state index contributed by atoms with van der Waals surface area (Å²) in [6.45, 7) is 6.83. The Labute approximate surface area is 85.7 Å². The van der Waals surface area contributed by atoms with Gasteiger partial charge in [0.05, 0.1) is 0 Å². The summed E-state index contributed by atoms with van der Waals surface area (Å²) in [7, 11) is 0. The summed E-state index contributed by atoms with van der Waals surface area (Å²) in [4.78, 5) is 1.36. The average molecular weight is 194 g/mol. The molecule has 0 aromatic heterocycles. The van der Waals surface area contributed by atoms with Crippen molar-refractivity contribution in [3.63, 3.8) is 0 Å². The topological polar surface area (TPSA) is 0 Å². The van der Waals surface area contributed by atoms with Crippen LogP contribution in [0.4, 0.5) is 0 Å². The van der Waals surface area contributed by atoms with E-state index in [1.54, 1.807) is 0 Å². The van der Waals surface area contributed by atoms with Gasteiger partial charge in [-0.25, -0.2) is 0 Å². The zero-order chi connectivity index (χ0) is 9.90. The predicted octanol–water partition coefficient (Wildman–Crippen LogP) is 4.00.